The topological polar surface area (TPSA) is 67.9 Å². The quantitative estimate of drug-likeness (QED) is 0.437. The highest BCUT2D eigenvalue weighted by Crippen LogP contribution is 2.32. The number of benzene rings is 3. The maximum absolute atomic E-state index is 13.3. The molecule has 188 valence electrons. The number of hydrogen-bond acceptors (Lipinski definition) is 5. The summed E-state index contributed by atoms with van der Waals surface area (Å²) >= 11 is 0. The number of ether oxygens (including phenoxy) is 2. The van der Waals surface area contributed by atoms with E-state index in [2.05, 4.69) is 40.5 Å². The van der Waals surface area contributed by atoms with Gasteiger partial charge in [-0.05, 0) is 42.2 Å². The van der Waals surface area contributed by atoms with Gasteiger partial charge in [-0.15, -0.1) is 0 Å². The van der Waals surface area contributed by atoms with Crippen molar-refractivity contribution in [2.45, 2.75) is 38.1 Å². The van der Waals surface area contributed by atoms with Crippen LogP contribution in [0.1, 0.15) is 58.8 Å². The van der Waals surface area contributed by atoms with E-state index < -0.39 is 5.97 Å². The van der Waals surface area contributed by atoms with Gasteiger partial charge in [0.15, 0.2) is 0 Å². The van der Waals surface area contributed by atoms with Crippen LogP contribution in [0.3, 0.4) is 0 Å². The molecule has 0 aromatic heterocycles. The van der Waals surface area contributed by atoms with E-state index in [9.17, 15) is 9.59 Å². The van der Waals surface area contributed by atoms with E-state index >= 15 is 0 Å². The second kappa shape index (κ2) is 12.2. The number of carbonyl (C=O) groups is 2. The summed E-state index contributed by atoms with van der Waals surface area (Å²) in [6.07, 6.45) is 5.04. The van der Waals surface area contributed by atoms with Gasteiger partial charge in [-0.1, -0.05) is 67.4 Å². The fourth-order valence-electron chi connectivity index (χ4n) is 4.84. The molecule has 1 atom stereocenters. The van der Waals surface area contributed by atoms with Gasteiger partial charge in [0.2, 0.25) is 5.91 Å². The zero-order chi connectivity index (χ0) is 25.3. The molecule has 6 heteroatoms. The second-order valence-corrected chi connectivity index (χ2v) is 9.07. The summed E-state index contributed by atoms with van der Waals surface area (Å²) in [5.41, 5.74) is 4.39. The number of nitrogens with one attached hydrogen (secondary N) is 1. The van der Waals surface area contributed by atoms with Crippen LogP contribution in [0, 0.1) is 0 Å². The van der Waals surface area contributed by atoms with Crippen LogP contribution in [-0.4, -0.2) is 39.2 Å². The summed E-state index contributed by atoms with van der Waals surface area (Å²) in [4.78, 5) is 27.8. The summed E-state index contributed by atoms with van der Waals surface area (Å²) < 4.78 is 10.2. The van der Waals surface area contributed by atoms with Crippen LogP contribution in [0.4, 0.5) is 5.69 Å². The van der Waals surface area contributed by atoms with E-state index in [1.165, 1.54) is 45.6 Å². The monoisotopic (exact) mass is 486 g/mol. The summed E-state index contributed by atoms with van der Waals surface area (Å²) in [5.74, 6) is -0.197. The van der Waals surface area contributed by atoms with Crippen molar-refractivity contribution < 1.29 is 19.1 Å². The fraction of sp³-hybridized carbons (Fsp3) is 0.333. The number of esters is 1. The van der Waals surface area contributed by atoms with Gasteiger partial charge in [-0.2, -0.15) is 0 Å². The van der Waals surface area contributed by atoms with Crippen molar-refractivity contribution in [3.05, 3.63) is 95.1 Å². The number of amides is 1. The number of nitrogens with zero attached hydrogens (tertiary/aromatic N) is 1. The number of anilines is 1. The lowest BCUT2D eigenvalue weighted by molar-refractivity contribution is -0.120. The van der Waals surface area contributed by atoms with E-state index in [4.69, 9.17) is 9.47 Å². The van der Waals surface area contributed by atoms with Gasteiger partial charge in [0.25, 0.3) is 0 Å². The minimum atomic E-state index is -0.475. The average Bonchev–Trinajstić information content (AvgIpc) is 3.21. The van der Waals surface area contributed by atoms with Crippen molar-refractivity contribution in [2.24, 2.45) is 0 Å². The SMILES string of the molecule is COC(=O)c1ccc(CC(=O)NC(c2ccccc2)c2ccccc2N2CCCCCC2)cc1OC. The molecular weight excluding hydrogens is 452 g/mol. The molecule has 0 saturated carbocycles. The standard InChI is InChI=1S/C30H34N2O4/c1-35-27-20-22(16-17-25(27)30(34)36-2)21-28(33)31-29(23-12-6-5-7-13-23)24-14-8-9-15-26(24)32-18-10-3-4-11-19-32/h5-9,12-17,20,29H,3-4,10-11,18-19,21H2,1-2H3,(H,31,33). The molecule has 1 unspecified atom stereocenters. The van der Waals surface area contributed by atoms with Crippen molar-refractivity contribution in [1.82, 2.24) is 5.32 Å². The Bertz CT molecular complexity index is 1170. The van der Waals surface area contributed by atoms with Crippen LogP contribution in [0.25, 0.3) is 0 Å². The largest absolute Gasteiger partial charge is 0.496 e. The minimum absolute atomic E-state index is 0.109. The Morgan fingerprint density at radius 2 is 1.58 bits per heavy atom. The molecular formula is C30H34N2O4. The molecule has 1 amide bonds. The van der Waals surface area contributed by atoms with E-state index in [0.717, 1.165) is 29.8 Å². The van der Waals surface area contributed by atoms with E-state index in [1.54, 1.807) is 18.2 Å². The van der Waals surface area contributed by atoms with Crippen molar-refractivity contribution in [2.75, 3.05) is 32.2 Å². The zero-order valence-corrected chi connectivity index (χ0v) is 21.0. The van der Waals surface area contributed by atoms with Gasteiger partial charge < -0.3 is 19.7 Å². The Labute approximate surface area is 213 Å². The fourth-order valence-corrected chi connectivity index (χ4v) is 4.84. The van der Waals surface area contributed by atoms with Crippen LogP contribution in [0.5, 0.6) is 5.75 Å². The van der Waals surface area contributed by atoms with Crippen molar-refractivity contribution in [3.8, 4) is 5.75 Å². The van der Waals surface area contributed by atoms with Crippen LogP contribution in [-0.2, 0) is 16.0 Å². The number of hydrogen-bond donors (Lipinski definition) is 1. The molecule has 6 nitrogen and oxygen atoms in total. The van der Waals surface area contributed by atoms with E-state index in [-0.39, 0.29) is 18.4 Å². The van der Waals surface area contributed by atoms with Crippen molar-refractivity contribution >= 4 is 17.6 Å². The molecule has 1 aliphatic heterocycles. The lowest BCUT2D eigenvalue weighted by Crippen LogP contribution is -2.33. The van der Waals surface area contributed by atoms with Crippen LogP contribution in [0.15, 0.2) is 72.8 Å². The summed E-state index contributed by atoms with van der Waals surface area (Å²) in [5, 5.41) is 3.28. The summed E-state index contributed by atoms with van der Waals surface area (Å²) in [6, 6.07) is 23.3. The van der Waals surface area contributed by atoms with Crippen molar-refractivity contribution in [3.63, 3.8) is 0 Å². The molecule has 0 spiro atoms. The Balaban J connectivity index is 1.61. The number of carbonyl (C=O) groups excluding carboxylic acids is 2. The normalized spacial score (nSPS) is 14.4. The molecule has 1 saturated heterocycles. The van der Waals surface area contributed by atoms with Gasteiger partial charge in [-0.3, -0.25) is 4.79 Å². The molecule has 3 aromatic rings. The Hall–Kier alpha value is -3.80. The number of para-hydroxylation sites is 1. The molecule has 4 rings (SSSR count). The third kappa shape index (κ3) is 6.06. The van der Waals surface area contributed by atoms with Gasteiger partial charge in [0.05, 0.1) is 26.7 Å². The lowest BCUT2D eigenvalue weighted by Gasteiger charge is -2.29. The first-order chi connectivity index (χ1) is 17.6. The first-order valence-electron chi connectivity index (χ1n) is 12.5. The number of methoxy groups -OCH3 is 2. The average molecular weight is 487 g/mol. The summed E-state index contributed by atoms with van der Waals surface area (Å²) in [6.45, 7) is 2.05. The highest BCUT2D eigenvalue weighted by molar-refractivity contribution is 5.92. The molecule has 36 heavy (non-hydrogen) atoms. The molecule has 1 aliphatic rings. The molecule has 0 bridgehead atoms. The van der Waals surface area contributed by atoms with Gasteiger partial charge in [0.1, 0.15) is 11.3 Å². The summed E-state index contributed by atoms with van der Waals surface area (Å²) in [7, 11) is 2.83. The van der Waals surface area contributed by atoms with Gasteiger partial charge in [0, 0.05) is 24.3 Å². The number of rotatable bonds is 8. The van der Waals surface area contributed by atoms with Gasteiger partial charge >= 0.3 is 5.97 Å². The van der Waals surface area contributed by atoms with Crippen LogP contribution >= 0.6 is 0 Å². The Kier molecular flexibility index (Phi) is 8.61. The first kappa shape index (κ1) is 25.3. The molecule has 0 aliphatic carbocycles. The minimum Gasteiger partial charge on any atom is -0.496 e. The van der Waals surface area contributed by atoms with Crippen LogP contribution in [0.2, 0.25) is 0 Å². The molecule has 3 aromatic carbocycles. The molecule has 0 radical (unpaired) electrons. The zero-order valence-electron chi connectivity index (χ0n) is 21.0. The Morgan fingerprint density at radius 3 is 2.28 bits per heavy atom. The smallest absolute Gasteiger partial charge is 0.341 e. The predicted octanol–water partition coefficient (Wildman–Crippen LogP) is 5.31. The maximum atomic E-state index is 13.3. The van der Waals surface area contributed by atoms with E-state index in [0.29, 0.717) is 11.3 Å². The predicted molar refractivity (Wildman–Crippen MR) is 142 cm³/mol. The van der Waals surface area contributed by atoms with Crippen molar-refractivity contribution in [1.29, 1.82) is 0 Å². The molecule has 1 fully saturated rings. The second-order valence-electron chi connectivity index (χ2n) is 9.07. The van der Waals surface area contributed by atoms with Gasteiger partial charge in [-0.25, -0.2) is 4.79 Å². The third-order valence-corrected chi connectivity index (χ3v) is 6.67. The highest BCUT2D eigenvalue weighted by Gasteiger charge is 2.23. The molecule has 1 heterocycles. The lowest BCUT2D eigenvalue weighted by atomic mass is 9.96. The maximum Gasteiger partial charge on any atom is 0.341 e. The van der Waals surface area contributed by atoms with E-state index in [1.807, 2.05) is 24.3 Å². The third-order valence-electron chi connectivity index (χ3n) is 6.67. The van der Waals surface area contributed by atoms with Crippen LogP contribution < -0.4 is 15.0 Å². The highest BCUT2D eigenvalue weighted by atomic mass is 16.5. The first-order valence-corrected chi connectivity index (χ1v) is 12.5. The molecule has 1 N–H and O–H groups in total. The Morgan fingerprint density at radius 1 is 0.889 bits per heavy atom.